The fourth-order valence-corrected chi connectivity index (χ4v) is 2.92. The van der Waals surface area contributed by atoms with Crippen molar-refractivity contribution in [1.82, 2.24) is 14.5 Å². The van der Waals surface area contributed by atoms with Crippen molar-refractivity contribution in [2.75, 3.05) is 7.11 Å². The number of benzene rings is 1. The second-order valence-electron chi connectivity index (χ2n) is 4.51. The average molecular weight is 308 g/mol. The van der Waals surface area contributed by atoms with Crippen LogP contribution in [-0.4, -0.2) is 21.6 Å². The third kappa shape index (κ3) is 2.39. The summed E-state index contributed by atoms with van der Waals surface area (Å²) in [7, 11) is 1.65. The van der Waals surface area contributed by atoms with Gasteiger partial charge in [0.2, 0.25) is 0 Å². The zero-order valence-corrected chi connectivity index (χ0v) is 12.8. The summed E-state index contributed by atoms with van der Waals surface area (Å²) in [5.41, 5.74) is 4.79. The maximum Gasteiger partial charge on any atom is 0.128 e. The Balaban J connectivity index is 2.14. The van der Waals surface area contributed by atoms with E-state index in [4.69, 9.17) is 16.3 Å². The maximum atomic E-state index is 6.26. The Morgan fingerprint density at radius 1 is 1.45 bits per heavy atom. The highest BCUT2D eigenvalue weighted by Gasteiger charge is 2.16. The minimum atomic E-state index is -0.160. The Bertz CT molecular complexity index is 721. The van der Waals surface area contributed by atoms with Gasteiger partial charge in [-0.15, -0.1) is 22.9 Å². The topological polar surface area (TPSA) is 39.9 Å². The van der Waals surface area contributed by atoms with E-state index in [0.717, 1.165) is 28.3 Å². The van der Waals surface area contributed by atoms with Gasteiger partial charge in [-0.25, -0.2) is 9.97 Å². The number of thiazole rings is 1. The van der Waals surface area contributed by atoms with Gasteiger partial charge in [0.25, 0.3) is 0 Å². The first kappa shape index (κ1) is 13.4. The summed E-state index contributed by atoms with van der Waals surface area (Å²) in [5, 5.41) is 1.88. The van der Waals surface area contributed by atoms with Crippen LogP contribution in [0.25, 0.3) is 11.0 Å². The second kappa shape index (κ2) is 5.42. The molecular weight excluding hydrogens is 294 g/mol. The number of hydrogen-bond donors (Lipinski definition) is 0. The van der Waals surface area contributed by atoms with Gasteiger partial charge < -0.3 is 9.30 Å². The lowest BCUT2D eigenvalue weighted by Gasteiger charge is -2.09. The molecule has 2 aromatic heterocycles. The molecule has 1 atom stereocenters. The van der Waals surface area contributed by atoms with Crippen molar-refractivity contribution in [2.24, 2.45) is 0 Å². The van der Waals surface area contributed by atoms with Crippen molar-refractivity contribution in [3.05, 3.63) is 40.6 Å². The molecule has 0 saturated heterocycles. The molecule has 3 rings (SSSR count). The fourth-order valence-electron chi connectivity index (χ4n) is 2.20. The molecule has 0 amide bonds. The molecule has 0 fully saturated rings. The van der Waals surface area contributed by atoms with Gasteiger partial charge in [0.1, 0.15) is 11.6 Å². The minimum absolute atomic E-state index is 0.160. The minimum Gasteiger partial charge on any atom is -0.497 e. The van der Waals surface area contributed by atoms with Crippen molar-refractivity contribution in [2.45, 2.75) is 18.8 Å². The number of aromatic nitrogens is 3. The van der Waals surface area contributed by atoms with Crippen molar-refractivity contribution in [3.63, 3.8) is 0 Å². The normalized spacial score (nSPS) is 12.8. The van der Waals surface area contributed by atoms with Crippen LogP contribution in [0.1, 0.15) is 23.8 Å². The number of imidazole rings is 1. The fraction of sp³-hybridized carbons (Fsp3) is 0.286. The highest BCUT2D eigenvalue weighted by atomic mass is 35.5. The summed E-state index contributed by atoms with van der Waals surface area (Å²) in [6, 6.07) is 5.87. The monoisotopic (exact) mass is 307 g/mol. The van der Waals surface area contributed by atoms with Gasteiger partial charge in [0, 0.05) is 11.4 Å². The Hall–Kier alpha value is -1.59. The van der Waals surface area contributed by atoms with Gasteiger partial charge in [-0.05, 0) is 19.1 Å². The van der Waals surface area contributed by atoms with Crippen LogP contribution in [0.2, 0.25) is 0 Å². The molecule has 1 unspecified atom stereocenters. The lowest BCUT2D eigenvalue weighted by Crippen LogP contribution is -2.05. The number of halogens is 1. The smallest absolute Gasteiger partial charge is 0.128 e. The first-order valence-electron chi connectivity index (χ1n) is 6.24. The van der Waals surface area contributed by atoms with E-state index >= 15 is 0 Å². The van der Waals surface area contributed by atoms with Gasteiger partial charge in [-0.3, -0.25) is 0 Å². The van der Waals surface area contributed by atoms with Gasteiger partial charge in [0.15, 0.2) is 0 Å². The molecule has 0 aliphatic heterocycles. The Labute approximate surface area is 126 Å². The van der Waals surface area contributed by atoms with E-state index < -0.39 is 0 Å². The molecular formula is C14H14ClN3OS. The molecule has 20 heavy (non-hydrogen) atoms. The van der Waals surface area contributed by atoms with E-state index in [1.54, 1.807) is 18.4 Å². The van der Waals surface area contributed by atoms with E-state index in [0.29, 0.717) is 6.54 Å². The Morgan fingerprint density at radius 2 is 2.30 bits per heavy atom. The third-order valence-electron chi connectivity index (χ3n) is 3.14. The van der Waals surface area contributed by atoms with Crippen LogP contribution in [0.15, 0.2) is 29.1 Å². The van der Waals surface area contributed by atoms with Crippen molar-refractivity contribution >= 4 is 34.0 Å². The van der Waals surface area contributed by atoms with E-state index in [2.05, 4.69) is 14.5 Å². The van der Waals surface area contributed by atoms with Gasteiger partial charge in [-0.1, -0.05) is 0 Å². The number of fused-ring (bicyclic) bond motifs is 1. The first-order chi connectivity index (χ1) is 9.69. The van der Waals surface area contributed by atoms with Crippen LogP contribution in [0.3, 0.4) is 0 Å². The van der Waals surface area contributed by atoms with Gasteiger partial charge in [0.05, 0.1) is 41.3 Å². The maximum absolute atomic E-state index is 6.26. The molecule has 0 aliphatic carbocycles. The van der Waals surface area contributed by atoms with E-state index in [1.807, 2.05) is 36.0 Å². The second-order valence-corrected chi connectivity index (χ2v) is 5.88. The number of ether oxygens (including phenoxy) is 1. The molecule has 0 spiro atoms. The summed E-state index contributed by atoms with van der Waals surface area (Å²) in [4.78, 5) is 8.96. The summed E-state index contributed by atoms with van der Waals surface area (Å²) in [6.45, 7) is 2.61. The van der Waals surface area contributed by atoms with Gasteiger partial charge >= 0.3 is 0 Å². The highest BCUT2D eigenvalue weighted by molar-refractivity contribution is 7.07. The quantitative estimate of drug-likeness (QED) is 0.687. The van der Waals surface area contributed by atoms with Crippen LogP contribution in [0, 0.1) is 0 Å². The predicted octanol–water partition coefficient (Wildman–Crippen LogP) is 3.85. The van der Waals surface area contributed by atoms with E-state index in [-0.39, 0.29) is 5.38 Å². The molecule has 4 nitrogen and oxygen atoms in total. The van der Waals surface area contributed by atoms with Crippen molar-refractivity contribution in [3.8, 4) is 5.75 Å². The Morgan fingerprint density at radius 3 is 2.95 bits per heavy atom. The molecule has 3 aromatic rings. The summed E-state index contributed by atoms with van der Waals surface area (Å²) < 4.78 is 7.36. The lowest BCUT2D eigenvalue weighted by atomic mass is 10.3. The van der Waals surface area contributed by atoms with E-state index in [9.17, 15) is 0 Å². The molecule has 6 heteroatoms. The molecule has 0 radical (unpaired) electrons. The highest BCUT2D eigenvalue weighted by Crippen LogP contribution is 2.27. The SMILES string of the molecule is COc1ccc2c(c1)nc(C(C)Cl)n2Cc1cscn1. The number of nitrogens with zero attached hydrogens (tertiary/aromatic N) is 3. The third-order valence-corrected chi connectivity index (χ3v) is 3.97. The molecule has 2 heterocycles. The standard InChI is InChI=1S/C14H14ClN3OS/c1-9(15)14-17-12-5-11(19-2)3-4-13(12)18(14)6-10-7-20-8-16-10/h3-5,7-9H,6H2,1-2H3. The molecule has 1 aromatic carbocycles. The van der Waals surface area contributed by atoms with Crippen LogP contribution in [-0.2, 0) is 6.54 Å². The van der Waals surface area contributed by atoms with Gasteiger partial charge in [-0.2, -0.15) is 0 Å². The van der Waals surface area contributed by atoms with Crippen molar-refractivity contribution < 1.29 is 4.74 Å². The van der Waals surface area contributed by atoms with Crippen LogP contribution in [0.5, 0.6) is 5.75 Å². The summed E-state index contributed by atoms with van der Waals surface area (Å²) in [5.74, 6) is 1.65. The molecule has 0 N–H and O–H groups in total. The van der Waals surface area contributed by atoms with Crippen LogP contribution >= 0.6 is 22.9 Å². The largest absolute Gasteiger partial charge is 0.497 e. The summed E-state index contributed by atoms with van der Waals surface area (Å²) >= 11 is 7.85. The Kier molecular flexibility index (Phi) is 3.63. The molecule has 0 bridgehead atoms. The lowest BCUT2D eigenvalue weighted by molar-refractivity contribution is 0.415. The van der Waals surface area contributed by atoms with E-state index in [1.165, 1.54) is 0 Å². The van der Waals surface area contributed by atoms with Crippen molar-refractivity contribution in [1.29, 1.82) is 0 Å². The molecule has 104 valence electrons. The number of alkyl halides is 1. The number of hydrogen-bond acceptors (Lipinski definition) is 4. The zero-order valence-electron chi connectivity index (χ0n) is 11.2. The molecule has 0 saturated carbocycles. The summed E-state index contributed by atoms with van der Waals surface area (Å²) in [6.07, 6.45) is 0. The average Bonchev–Trinajstić information content (AvgIpc) is 3.06. The van der Waals surface area contributed by atoms with Crippen LogP contribution < -0.4 is 4.74 Å². The van der Waals surface area contributed by atoms with Crippen LogP contribution in [0.4, 0.5) is 0 Å². The number of methoxy groups -OCH3 is 1. The number of rotatable bonds is 4. The predicted molar refractivity (Wildman–Crippen MR) is 81.8 cm³/mol. The molecule has 0 aliphatic rings. The zero-order chi connectivity index (χ0) is 14.1. The first-order valence-corrected chi connectivity index (χ1v) is 7.62.